The SMILES string of the molecule is CC(C)(C)OC(=O)NC1CCNC(c2ccc(F)cc2Cl)C1. The van der Waals surface area contributed by atoms with Crippen molar-refractivity contribution in [3.63, 3.8) is 0 Å². The van der Waals surface area contributed by atoms with Crippen LogP contribution in [0.4, 0.5) is 9.18 Å². The molecule has 0 aromatic heterocycles. The topological polar surface area (TPSA) is 50.4 Å². The second-order valence-corrected chi connectivity index (χ2v) is 6.95. The number of piperidine rings is 1. The largest absolute Gasteiger partial charge is 0.444 e. The standard InChI is InChI=1S/C16H22ClFN2O2/c1-16(2,3)22-15(21)20-11-6-7-19-14(9-11)12-5-4-10(18)8-13(12)17/h4-5,8,11,14,19H,6-7,9H2,1-3H3,(H,20,21). The first-order chi connectivity index (χ1) is 10.2. The summed E-state index contributed by atoms with van der Waals surface area (Å²) in [5.41, 5.74) is 0.329. The molecule has 2 unspecified atom stereocenters. The second-order valence-electron chi connectivity index (χ2n) is 6.54. The Morgan fingerprint density at radius 3 is 2.82 bits per heavy atom. The van der Waals surface area contributed by atoms with E-state index in [2.05, 4.69) is 10.6 Å². The lowest BCUT2D eigenvalue weighted by Crippen LogP contribution is -2.45. The summed E-state index contributed by atoms with van der Waals surface area (Å²) in [6.45, 7) is 6.24. The Balaban J connectivity index is 1.98. The molecule has 22 heavy (non-hydrogen) atoms. The Morgan fingerprint density at radius 2 is 2.18 bits per heavy atom. The summed E-state index contributed by atoms with van der Waals surface area (Å²) in [6.07, 6.45) is 1.09. The van der Waals surface area contributed by atoms with Crippen LogP contribution in [0.25, 0.3) is 0 Å². The van der Waals surface area contributed by atoms with Crippen LogP contribution < -0.4 is 10.6 Å². The van der Waals surface area contributed by atoms with E-state index in [1.54, 1.807) is 6.07 Å². The summed E-state index contributed by atoms with van der Waals surface area (Å²) in [5, 5.41) is 6.63. The van der Waals surface area contributed by atoms with Crippen molar-refractivity contribution < 1.29 is 13.9 Å². The van der Waals surface area contributed by atoms with Gasteiger partial charge in [-0.2, -0.15) is 0 Å². The van der Waals surface area contributed by atoms with Crippen molar-refractivity contribution in [2.24, 2.45) is 0 Å². The summed E-state index contributed by atoms with van der Waals surface area (Å²) in [4.78, 5) is 11.9. The first kappa shape index (κ1) is 17.0. The molecule has 1 aromatic carbocycles. The molecule has 1 aliphatic rings. The van der Waals surface area contributed by atoms with Crippen molar-refractivity contribution in [2.45, 2.75) is 51.3 Å². The number of halogens is 2. The van der Waals surface area contributed by atoms with Gasteiger partial charge in [-0.15, -0.1) is 0 Å². The van der Waals surface area contributed by atoms with Crippen molar-refractivity contribution in [3.8, 4) is 0 Å². The fraction of sp³-hybridized carbons (Fsp3) is 0.562. The Kier molecular flexibility index (Phi) is 5.29. The predicted molar refractivity (Wildman–Crippen MR) is 84.5 cm³/mol. The van der Waals surface area contributed by atoms with Crippen LogP contribution >= 0.6 is 11.6 Å². The molecule has 2 rings (SSSR count). The lowest BCUT2D eigenvalue weighted by atomic mass is 9.94. The van der Waals surface area contributed by atoms with Crippen molar-refractivity contribution in [2.75, 3.05) is 6.54 Å². The molecule has 1 aliphatic heterocycles. The molecule has 1 saturated heterocycles. The van der Waals surface area contributed by atoms with Crippen LogP contribution in [0, 0.1) is 5.82 Å². The molecule has 1 heterocycles. The average molecular weight is 329 g/mol. The number of ether oxygens (including phenoxy) is 1. The normalized spacial score (nSPS) is 22.2. The van der Waals surface area contributed by atoms with Crippen LogP contribution in [0.1, 0.15) is 45.2 Å². The number of amides is 1. The van der Waals surface area contributed by atoms with Gasteiger partial charge >= 0.3 is 6.09 Å². The monoisotopic (exact) mass is 328 g/mol. The third kappa shape index (κ3) is 4.85. The van der Waals surface area contributed by atoms with E-state index in [0.717, 1.165) is 18.5 Å². The van der Waals surface area contributed by atoms with Crippen molar-refractivity contribution in [1.29, 1.82) is 0 Å². The van der Waals surface area contributed by atoms with Gasteiger partial charge in [-0.3, -0.25) is 0 Å². The molecule has 2 atom stereocenters. The van der Waals surface area contributed by atoms with Gasteiger partial charge in [0, 0.05) is 17.1 Å². The minimum atomic E-state index is -0.517. The van der Waals surface area contributed by atoms with E-state index >= 15 is 0 Å². The molecular formula is C16H22ClFN2O2. The van der Waals surface area contributed by atoms with Gasteiger partial charge in [0.25, 0.3) is 0 Å². The smallest absolute Gasteiger partial charge is 0.407 e. The molecule has 0 aliphatic carbocycles. The molecule has 1 aromatic rings. The summed E-state index contributed by atoms with van der Waals surface area (Å²) >= 11 is 6.11. The number of carbonyl (C=O) groups excluding carboxylic acids is 1. The van der Waals surface area contributed by atoms with Crippen molar-refractivity contribution >= 4 is 17.7 Å². The van der Waals surface area contributed by atoms with Gasteiger partial charge in [-0.05, 0) is 57.9 Å². The lowest BCUT2D eigenvalue weighted by Gasteiger charge is -2.32. The van der Waals surface area contributed by atoms with Gasteiger partial charge in [-0.25, -0.2) is 9.18 Å². The molecule has 2 N–H and O–H groups in total. The number of carbonyl (C=O) groups is 1. The first-order valence-electron chi connectivity index (χ1n) is 7.42. The predicted octanol–water partition coefficient (Wildman–Crippen LogP) is 3.80. The summed E-state index contributed by atoms with van der Waals surface area (Å²) in [5.74, 6) is -0.354. The first-order valence-corrected chi connectivity index (χ1v) is 7.80. The number of hydrogen-bond donors (Lipinski definition) is 2. The third-order valence-electron chi connectivity index (χ3n) is 3.46. The van der Waals surface area contributed by atoms with Gasteiger partial charge in [0.05, 0.1) is 0 Å². The van der Waals surface area contributed by atoms with Gasteiger partial charge in [0.1, 0.15) is 11.4 Å². The Hall–Kier alpha value is -1.33. The van der Waals surface area contributed by atoms with E-state index in [9.17, 15) is 9.18 Å². The van der Waals surface area contributed by atoms with Crippen LogP contribution in [-0.4, -0.2) is 24.3 Å². The van der Waals surface area contributed by atoms with E-state index in [4.69, 9.17) is 16.3 Å². The van der Waals surface area contributed by atoms with Gasteiger partial charge in [-0.1, -0.05) is 17.7 Å². The molecule has 0 radical (unpaired) electrons. The number of rotatable bonds is 2. The minimum absolute atomic E-state index is 0.00206. The Labute approximate surface area is 135 Å². The summed E-state index contributed by atoms with van der Waals surface area (Å²) in [7, 11) is 0. The van der Waals surface area contributed by atoms with Crippen LogP contribution in [0.15, 0.2) is 18.2 Å². The molecule has 0 spiro atoms. The van der Waals surface area contributed by atoms with E-state index in [1.165, 1.54) is 12.1 Å². The van der Waals surface area contributed by atoms with Crippen LogP contribution in [0.3, 0.4) is 0 Å². The molecule has 1 fully saturated rings. The third-order valence-corrected chi connectivity index (χ3v) is 3.79. The fourth-order valence-electron chi connectivity index (χ4n) is 2.54. The highest BCUT2D eigenvalue weighted by atomic mass is 35.5. The number of benzene rings is 1. The van der Waals surface area contributed by atoms with Crippen molar-refractivity contribution in [3.05, 3.63) is 34.6 Å². The highest BCUT2D eigenvalue weighted by Gasteiger charge is 2.27. The van der Waals surface area contributed by atoms with E-state index in [-0.39, 0.29) is 17.9 Å². The highest BCUT2D eigenvalue weighted by Crippen LogP contribution is 2.29. The average Bonchev–Trinajstić information content (AvgIpc) is 2.36. The second kappa shape index (κ2) is 6.84. The molecule has 0 bridgehead atoms. The van der Waals surface area contributed by atoms with Crippen molar-refractivity contribution in [1.82, 2.24) is 10.6 Å². The maximum Gasteiger partial charge on any atom is 0.407 e. The number of alkyl carbamates (subject to hydrolysis) is 1. The molecule has 122 valence electrons. The molecule has 0 saturated carbocycles. The van der Waals surface area contributed by atoms with Gasteiger partial charge < -0.3 is 15.4 Å². The zero-order chi connectivity index (χ0) is 16.3. The zero-order valence-electron chi connectivity index (χ0n) is 13.1. The minimum Gasteiger partial charge on any atom is -0.444 e. The van der Waals surface area contributed by atoms with Crippen LogP contribution in [0.5, 0.6) is 0 Å². The summed E-state index contributed by atoms with van der Waals surface area (Å²) < 4.78 is 18.4. The summed E-state index contributed by atoms with van der Waals surface area (Å²) in [6, 6.07) is 4.38. The van der Waals surface area contributed by atoms with E-state index in [1.807, 2.05) is 20.8 Å². The molecule has 6 heteroatoms. The van der Waals surface area contributed by atoms with Crippen LogP contribution in [-0.2, 0) is 4.74 Å². The highest BCUT2D eigenvalue weighted by molar-refractivity contribution is 6.31. The lowest BCUT2D eigenvalue weighted by molar-refractivity contribution is 0.0490. The molecular weight excluding hydrogens is 307 g/mol. The Bertz CT molecular complexity index is 545. The van der Waals surface area contributed by atoms with E-state index in [0.29, 0.717) is 11.4 Å². The quantitative estimate of drug-likeness (QED) is 0.868. The molecule has 4 nitrogen and oxygen atoms in total. The maximum absolute atomic E-state index is 13.1. The number of hydrogen-bond acceptors (Lipinski definition) is 3. The zero-order valence-corrected chi connectivity index (χ0v) is 13.8. The maximum atomic E-state index is 13.1. The fourth-order valence-corrected chi connectivity index (χ4v) is 2.84. The van der Waals surface area contributed by atoms with Gasteiger partial charge in [0.15, 0.2) is 0 Å². The Morgan fingerprint density at radius 1 is 1.45 bits per heavy atom. The van der Waals surface area contributed by atoms with E-state index < -0.39 is 11.7 Å². The molecule has 1 amide bonds. The van der Waals surface area contributed by atoms with Crippen LogP contribution in [0.2, 0.25) is 5.02 Å². The number of nitrogens with one attached hydrogen (secondary N) is 2. The van der Waals surface area contributed by atoms with Gasteiger partial charge in [0.2, 0.25) is 0 Å².